The number of amides is 1. The summed E-state index contributed by atoms with van der Waals surface area (Å²) < 4.78 is 5.35. The molecule has 0 saturated carbocycles. The van der Waals surface area contributed by atoms with Crippen LogP contribution < -0.4 is 5.32 Å². The molecule has 0 aliphatic carbocycles. The third-order valence-corrected chi connectivity index (χ3v) is 3.10. The van der Waals surface area contributed by atoms with Crippen LogP contribution in [0.25, 0.3) is 0 Å². The lowest BCUT2D eigenvalue weighted by atomic mass is 9.87. The van der Waals surface area contributed by atoms with Gasteiger partial charge in [-0.2, -0.15) is 0 Å². The van der Waals surface area contributed by atoms with Gasteiger partial charge in [0.1, 0.15) is 0 Å². The molecule has 0 saturated heterocycles. The van der Waals surface area contributed by atoms with Gasteiger partial charge in [0.2, 0.25) is 5.91 Å². The van der Waals surface area contributed by atoms with E-state index in [9.17, 15) is 4.79 Å². The van der Waals surface area contributed by atoms with Crippen LogP contribution in [-0.2, 0) is 9.53 Å². The molecule has 0 heterocycles. The van der Waals surface area contributed by atoms with E-state index in [1.807, 2.05) is 0 Å². The largest absolute Gasteiger partial charge is 0.381 e. The van der Waals surface area contributed by atoms with Crippen LogP contribution in [-0.4, -0.2) is 26.2 Å². The van der Waals surface area contributed by atoms with Crippen molar-refractivity contribution in [3.8, 4) is 0 Å². The van der Waals surface area contributed by atoms with Gasteiger partial charge in [-0.05, 0) is 11.8 Å². The number of hydrogen-bond donors (Lipinski definition) is 1. The second-order valence-corrected chi connectivity index (χ2v) is 3.90. The molecule has 0 aromatic rings. The van der Waals surface area contributed by atoms with E-state index >= 15 is 0 Å². The fraction of sp³-hybridized carbons (Fsp3) is 0.909. The normalized spacial score (nSPS) is 17.2. The molecule has 3 atom stereocenters. The predicted octanol–water partition coefficient (Wildman–Crippen LogP) is 1.82. The van der Waals surface area contributed by atoms with Crippen LogP contribution in [0.3, 0.4) is 0 Å². The molecule has 0 bridgehead atoms. The van der Waals surface area contributed by atoms with Crippen molar-refractivity contribution in [1.29, 1.82) is 0 Å². The number of hydrogen-bond acceptors (Lipinski definition) is 2. The van der Waals surface area contributed by atoms with Crippen molar-refractivity contribution in [3.63, 3.8) is 0 Å². The van der Waals surface area contributed by atoms with Crippen molar-refractivity contribution in [1.82, 2.24) is 5.32 Å². The van der Waals surface area contributed by atoms with Gasteiger partial charge in [0, 0.05) is 14.2 Å². The van der Waals surface area contributed by atoms with Gasteiger partial charge >= 0.3 is 0 Å². The summed E-state index contributed by atoms with van der Waals surface area (Å²) in [6.45, 7) is 6.50. The molecule has 84 valence electrons. The minimum absolute atomic E-state index is 0.0323. The molecule has 0 aliphatic heterocycles. The molecular formula is C11H23NO2. The molecule has 0 spiro atoms. The van der Waals surface area contributed by atoms with Crippen molar-refractivity contribution in [2.75, 3.05) is 14.2 Å². The lowest BCUT2D eigenvalue weighted by molar-refractivity contribution is -0.124. The van der Waals surface area contributed by atoms with E-state index in [-0.39, 0.29) is 12.0 Å². The standard InChI is InChI=1S/C11H23NO2/c1-6-8(2)9(3)10(14-5)7-11(13)12-4/h8-10H,6-7H2,1-5H3,(H,12,13). The molecule has 1 amide bonds. The van der Waals surface area contributed by atoms with E-state index in [2.05, 4.69) is 26.1 Å². The lowest BCUT2D eigenvalue weighted by Crippen LogP contribution is -2.32. The molecule has 0 fully saturated rings. The first-order valence-electron chi connectivity index (χ1n) is 5.30. The second-order valence-electron chi connectivity index (χ2n) is 3.90. The molecule has 3 unspecified atom stereocenters. The van der Waals surface area contributed by atoms with Crippen LogP contribution in [0.15, 0.2) is 0 Å². The summed E-state index contributed by atoms with van der Waals surface area (Å²) in [7, 11) is 3.33. The summed E-state index contributed by atoms with van der Waals surface area (Å²) in [5.41, 5.74) is 0. The van der Waals surface area contributed by atoms with Gasteiger partial charge in [-0.1, -0.05) is 27.2 Å². The fourth-order valence-electron chi connectivity index (χ4n) is 1.51. The Morgan fingerprint density at radius 3 is 2.36 bits per heavy atom. The molecule has 0 aliphatic rings. The Morgan fingerprint density at radius 1 is 1.43 bits per heavy atom. The molecule has 3 nitrogen and oxygen atoms in total. The van der Waals surface area contributed by atoms with Crippen molar-refractivity contribution in [3.05, 3.63) is 0 Å². The zero-order valence-corrected chi connectivity index (χ0v) is 9.96. The van der Waals surface area contributed by atoms with Crippen molar-refractivity contribution < 1.29 is 9.53 Å². The lowest BCUT2D eigenvalue weighted by Gasteiger charge is -2.26. The first-order chi connectivity index (χ1) is 6.56. The van der Waals surface area contributed by atoms with E-state index < -0.39 is 0 Å². The molecule has 0 aromatic heterocycles. The number of ether oxygens (including phenoxy) is 1. The molecular weight excluding hydrogens is 178 g/mol. The van der Waals surface area contributed by atoms with Crippen LogP contribution in [0, 0.1) is 11.8 Å². The summed E-state index contributed by atoms with van der Waals surface area (Å²) in [5.74, 6) is 1.05. The van der Waals surface area contributed by atoms with E-state index in [0.717, 1.165) is 6.42 Å². The van der Waals surface area contributed by atoms with Crippen LogP contribution >= 0.6 is 0 Å². The summed E-state index contributed by atoms with van der Waals surface area (Å²) in [5, 5.41) is 2.62. The Balaban J connectivity index is 4.18. The first kappa shape index (κ1) is 13.4. The Morgan fingerprint density at radius 2 is 2.00 bits per heavy atom. The Kier molecular flexibility index (Phi) is 6.54. The van der Waals surface area contributed by atoms with Crippen LogP contribution in [0.2, 0.25) is 0 Å². The quantitative estimate of drug-likeness (QED) is 0.712. The molecule has 1 N–H and O–H groups in total. The topological polar surface area (TPSA) is 38.3 Å². The molecule has 0 radical (unpaired) electrons. The smallest absolute Gasteiger partial charge is 0.222 e. The summed E-state index contributed by atoms with van der Waals surface area (Å²) in [4.78, 5) is 11.2. The Bertz CT molecular complexity index is 171. The maximum absolute atomic E-state index is 11.2. The van der Waals surface area contributed by atoms with Gasteiger partial charge < -0.3 is 10.1 Å². The van der Waals surface area contributed by atoms with Crippen molar-refractivity contribution >= 4 is 5.91 Å². The van der Waals surface area contributed by atoms with Gasteiger partial charge in [-0.15, -0.1) is 0 Å². The second kappa shape index (κ2) is 6.82. The van der Waals surface area contributed by atoms with E-state index in [4.69, 9.17) is 4.74 Å². The van der Waals surface area contributed by atoms with Gasteiger partial charge in [-0.3, -0.25) is 4.79 Å². The van der Waals surface area contributed by atoms with Gasteiger partial charge in [-0.25, -0.2) is 0 Å². The van der Waals surface area contributed by atoms with Crippen molar-refractivity contribution in [2.24, 2.45) is 11.8 Å². The van der Waals surface area contributed by atoms with Gasteiger partial charge in [0.15, 0.2) is 0 Å². The van der Waals surface area contributed by atoms with Gasteiger partial charge in [0.25, 0.3) is 0 Å². The van der Waals surface area contributed by atoms with E-state index in [1.165, 1.54) is 0 Å². The number of carbonyl (C=O) groups is 1. The SMILES string of the molecule is CCC(C)C(C)C(CC(=O)NC)OC. The highest BCUT2D eigenvalue weighted by molar-refractivity contribution is 5.76. The number of nitrogens with one attached hydrogen (secondary N) is 1. The maximum Gasteiger partial charge on any atom is 0.222 e. The maximum atomic E-state index is 11.2. The molecule has 0 rings (SSSR count). The third kappa shape index (κ3) is 4.09. The highest BCUT2D eigenvalue weighted by atomic mass is 16.5. The number of rotatable bonds is 6. The van der Waals surface area contributed by atoms with Crippen molar-refractivity contribution in [2.45, 2.75) is 39.7 Å². The first-order valence-corrected chi connectivity index (χ1v) is 5.30. The third-order valence-electron chi connectivity index (χ3n) is 3.10. The average Bonchev–Trinajstić information content (AvgIpc) is 2.23. The Labute approximate surface area is 87.2 Å². The predicted molar refractivity (Wildman–Crippen MR) is 58.1 cm³/mol. The minimum atomic E-state index is 0.0323. The Hall–Kier alpha value is -0.570. The molecule has 14 heavy (non-hydrogen) atoms. The highest BCUT2D eigenvalue weighted by Crippen LogP contribution is 2.22. The zero-order valence-electron chi connectivity index (χ0n) is 9.96. The van der Waals surface area contributed by atoms with E-state index in [1.54, 1.807) is 14.2 Å². The zero-order chi connectivity index (χ0) is 11.1. The fourth-order valence-corrected chi connectivity index (χ4v) is 1.51. The summed E-state index contributed by atoms with van der Waals surface area (Å²) in [6, 6.07) is 0. The summed E-state index contributed by atoms with van der Waals surface area (Å²) >= 11 is 0. The van der Waals surface area contributed by atoms with E-state index in [0.29, 0.717) is 18.3 Å². The minimum Gasteiger partial charge on any atom is -0.381 e. The number of methoxy groups -OCH3 is 1. The number of carbonyl (C=O) groups excluding carboxylic acids is 1. The highest BCUT2D eigenvalue weighted by Gasteiger charge is 2.23. The molecule has 0 aromatic carbocycles. The van der Waals surface area contributed by atoms with Gasteiger partial charge in [0.05, 0.1) is 12.5 Å². The van der Waals surface area contributed by atoms with Crippen LogP contribution in [0.5, 0.6) is 0 Å². The average molecular weight is 201 g/mol. The molecule has 3 heteroatoms. The van der Waals surface area contributed by atoms with Crippen LogP contribution in [0.1, 0.15) is 33.6 Å². The monoisotopic (exact) mass is 201 g/mol. The van der Waals surface area contributed by atoms with Crippen LogP contribution in [0.4, 0.5) is 0 Å². The summed E-state index contributed by atoms with van der Waals surface area (Å²) in [6.07, 6.45) is 1.61.